The molecule has 0 atom stereocenters. The molecule has 0 saturated heterocycles. The second-order valence-corrected chi connectivity index (χ2v) is 5.26. The van der Waals surface area contributed by atoms with Gasteiger partial charge in [-0.2, -0.15) is 0 Å². The van der Waals surface area contributed by atoms with Gasteiger partial charge in [0.15, 0.2) is 6.29 Å². The normalized spacial score (nSPS) is 10.9. The summed E-state index contributed by atoms with van der Waals surface area (Å²) in [5.74, 6) is 0. The zero-order valence-corrected chi connectivity index (χ0v) is 10.8. The standard InChI is InChI=1S/C14H12N2OS/c1-10-15-12(9-18-10)7-16-6-5-13-11(8-17)3-2-4-14(13)16/h2-6,8-9H,7H2,1H3. The second kappa shape index (κ2) is 4.38. The molecule has 0 aliphatic heterocycles. The van der Waals surface area contributed by atoms with Gasteiger partial charge in [-0.05, 0) is 19.1 Å². The number of aromatic nitrogens is 2. The topological polar surface area (TPSA) is 34.9 Å². The smallest absolute Gasteiger partial charge is 0.150 e. The van der Waals surface area contributed by atoms with E-state index in [1.807, 2.05) is 37.4 Å². The van der Waals surface area contributed by atoms with Crippen molar-refractivity contribution in [3.63, 3.8) is 0 Å². The van der Waals surface area contributed by atoms with Crippen LogP contribution in [0.1, 0.15) is 21.1 Å². The number of carbonyl (C=O) groups is 1. The van der Waals surface area contributed by atoms with Crippen LogP contribution in [0.2, 0.25) is 0 Å². The minimum absolute atomic E-state index is 0.737. The maximum absolute atomic E-state index is 11.0. The quantitative estimate of drug-likeness (QED) is 0.674. The molecular formula is C14H12N2OS. The Kier molecular flexibility index (Phi) is 2.72. The maximum atomic E-state index is 11.0. The summed E-state index contributed by atoms with van der Waals surface area (Å²) in [5.41, 5.74) is 2.87. The molecular weight excluding hydrogens is 244 g/mol. The number of aldehydes is 1. The number of fused-ring (bicyclic) bond motifs is 1. The number of hydrogen-bond donors (Lipinski definition) is 0. The van der Waals surface area contributed by atoms with E-state index in [0.29, 0.717) is 0 Å². The van der Waals surface area contributed by atoms with E-state index < -0.39 is 0 Å². The molecule has 0 aliphatic carbocycles. The van der Waals surface area contributed by atoms with Crippen LogP contribution in [0.4, 0.5) is 0 Å². The Morgan fingerprint density at radius 1 is 1.39 bits per heavy atom. The van der Waals surface area contributed by atoms with Gasteiger partial charge in [0.25, 0.3) is 0 Å². The van der Waals surface area contributed by atoms with Crippen molar-refractivity contribution in [2.45, 2.75) is 13.5 Å². The van der Waals surface area contributed by atoms with Crippen molar-refractivity contribution in [1.82, 2.24) is 9.55 Å². The molecule has 3 aromatic rings. The van der Waals surface area contributed by atoms with E-state index in [1.54, 1.807) is 11.3 Å². The Hall–Kier alpha value is -1.94. The average molecular weight is 256 g/mol. The van der Waals surface area contributed by atoms with Gasteiger partial charge in [-0.1, -0.05) is 12.1 Å². The van der Waals surface area contributed by atoms with Crippen LogP contribution in [0.25, 0.3) is 10.9 Å². The molecule has 0 unspecified atom stereocenters. The van der Waals surface area contributed by atoms with Crippen LogP contribution >= 0.6 is 11.3 Å². The summed E-state index contributed by atoms with van der Waals surface area (Å²) < 4.78 is 2.12. The van der Waals surface area contributed by atoms with Crippen LogP contribution in [0.3, 0.4) is 0 Å². The maximum Gasteiger partial charge on any atom is 0.150 e. The van der Waals surface area contributed by atoms with Gasteiger partial charge < -0.3 is 4.57 Å². The SMILES string of the molecule is Cc1nc(Cn2ccc3c(C=O)cccc32)cs1. The number of aryl methyl sites for hydroxylation is 1. The number of carbonyl (C=O) groups excluding carboxylic acids is 1. The zero-order chi connectivity index (χ0) is 12.5. The molecule has 0 spiro atoms. The molecule has 2 heterocycles. The van der Waals surface area contributed by atoms with E-state index in [-0.39, 0.29) is 0 Å². The first-order valence-corrected chi connectivity index (χ1v) is 6.60. The van der Waals surface area contributed by atoms with Gasteiger partial charge in [0.05, 0.1) is 17.2 Å². The Bertz CT molecular complexity index is 711. The van der Waals surface area contributed by atoms with Crippen molar-refractivity contribution in [3.05, 3.63) is 52.1 Å². The van der Waals surface area contributed by atoms with E-state index >= 15 is 0 Å². The highest BCUT2D eigenvalue weighted by molar-refractivity contribution is 7.09. The highest BCUT2D eigenvalue weighted by Gasteiger charge is 2.06. The summed E-state index contributed by atoms with van der Waals surface area (Å²) in [6, 6.07) is 7.77. The lowest BCUT2D eigenvalue weighted by Crippen LogP contribution is -1.98. The Balaban J connectivity index is 2.05. The van der Waals surface area contributed by atoms with Crippen LogP contribution in [-0.2, 0) is 6.54 Å². The van der Waals surface area contributed by atoms with Crippen LogP contribution < -0.4 is 0 Å². The molecule has 90 valence electrons. The molecule has 4 heteroatoms. The van der Waals surface area contributed by atoms with Crippen LogP contribution in [0, 0.1) is 6.92 Å². The molecule has 2 aromatic heterocycles. The summed E-state index contributed by atoms with van der Waals surface area (Å²) in [4.78, 5) is 15.4. The van der Waals surface area contributed by atoms with E-state index in [1.165, 1.54) is 0 Å². The van der Waals surface area contributed by atoms with Gasteiger partial charge in [-0.25, -0.2) is 4.98 Å². The first kappa shape index (κ1) is 11.2. The zero-order valence-electron chi connectivity index (χ0n) is 9.96. The monoisotopic (exact) mass is 256 g/mol. The van der Waals surface area contributed by atoms with Crippen molar-refractivity contribution in [1.29, 1.82) is 0 Å². The molecule has 3 rings (SSSR count). The van der Waals surface area contributed by atoms with Crippen molar-refractivity contribution < 1.29 is 4.79 Å². The fraction of sp³-hybridized carbons (Fsp3) is 0.143. The molecule has 0 bridgehead atoms. The molecule has 0 aliphatic rings. The number of nitrogens with zero attached hydrogens (tertiary/aromatic N) is 2. The Morgan fingerprint density at radius 3 is 3.00 bits per heavy atom. The van der Waals surface area contributed by atoms with Crippen LogP contribution in [-0.4, -0.2) is 15.8 Å². The van der Waals surface area contributed by atoms with Gasteiger partial charge in [0.1, 0.15) is 0 Å². The first-order valence-electron chi connectivity index (χ1n) is 5.72. The second-order valence-electron chi connectivity index (χ2n) is 4.20. The summed E-state index contributed by atoms with van der Waals surface area (Å²) >= 11 is 1.66. The highest BCUT2D eigenvalue weighted by atomic mass is 32.1. The molecule has 0 N–H and O–H groups in total. The molecule has 0 amide bonds. The summed E-state index contributed by atoms with van der Waals surface area (Å²) in [6.45, 7) is 2.75. The Morgan fingerprint density at radius 2 is 2.28 bits per heavy atom. The predicted octanol–water partition coefficient (Wildman–Crippen LogP) is 3.27. The van der Waals surface area contributed by atoms with Crippen molar-refractivity contribution >= 4 is 28.5 Å². The number of thiazole rings is 1. The molecule has 0 fully saturated rings. The summed E-state index contributed by atoms with van der Waals surface area (Å²) in [5, 5.41) is 4.15. The molecule has 1 aromatic carbocycles. The lowest BCUT2D eigenvalue weighted by Gasteiger charge is -2.03. The van der Waals surface area contributed by atoms with Crippen molar-refractivity contribution in [3.8, 4) is 0 Å². The minimum atomic E-state index is 0.737. The van der Waals surface area contributed by atoms with Gasteiger partial charge in [-0.3, -0.25) is 4.79 Å². The van der Waals surface area contributed by atoms with E-state index in [4.69, 9.17) is 0 Å². The van der Waals surface area contributed by atoms with Crippen LogP contribution in [0.15, 0.2) is 35.8 Å². The van der Waals surface area contributed by atoms with E-state index in [9.17, 15) is 4.79 Å². The predicted molar refractivity (Wildman–Crippen MR) is 73.3 cm³/mol. The average Bonchev–Trinajstić information content (AvgIpc) is 2.97. The van der Waals surface area contributed by atoms with Crippen molar-refractivity contribution in [2.75, 3.05) is 0 Å². The van der Waals surface area contributed by atoms with Gasteiger partial charge >= 0.3 is 0 Å². The fourth-order valence-corrected chi connectivity index (χ4v) is 2.75. The first-order chi connectivity index (χ1) is 8.78. The van der Waals surface area contributed by atoms with Crippen LogP contribution in [0.5, 0.6) is 0 Å². The van der Waals surface area contributed by atoms with Gasteiger partial charge in [0.2, 0.25) is 0 Å². The third-order valence-electron chi connectivity index (χ3n) is 2.97. The lowest BCUT2D eigenvalue weighted by molar-refractivity contribution is 0.112. The molecule has 0 radical (unpaired) electrons. The van der Waals surface area contributed by atoms with E-state index in [0.717, 1.165) is 40.0 Å². The number of hydrogen-bond acceptors (Lipinski definition) is 3. The van der Waals surface area contributed by atoms with Gasteiger partial charge in [-0.15, -0.1) is 11.3 Å². The molecule has 0 saturated carbocycles. The summed E-state index contributed by atoms with van der Waals surface area (Å²) in [6.07, 6.45) is 2.91. The largest absolute Gasteiger partial charge is 0.341 e. The third kappa shape index (κ3) is 1.84. The number of rotatable bonds is 3. The fourth-order valence-electron chi connectivity index (χ4n) is 2.14. The van der Waals surface area contributed by atoms with Gasteiger partial charge in [0, 0.05) is 28.0 Å². The Labute approximate surface area is 109 Å². The summed E-state index contributed by atoms with van der Waals surface area (Å²) in [7, 11) is 0. The number of benzene rings is 1. The van der Waals surface area contributed by atoms with Crippen molar-refractivity contribution in [2.24, 2.45) is 0 Å². The lowest BCUT2D eigenvalue weighted by atomic mass is 10.1. The molecule has 3 nitrogen and oxygen atoms in total. The van der Waals surface area contributed by atoms with E-state index in [2.05, 4.69) is 14.9 Å². The highest BCUT2D eigenvalue weighted by Crippen LogP contribution is 2.20. The third-order valence-corrected chi connectivity index (χ3v) is 3.80. The molecule has 18 heavy (non-hydrogen) atoms. The minimum Gasteiger partial charge on any atom is -0.341 e.